The first kappa shape index (κ1) is 17.4. The summed E-state index contributed by atoms with van der Waals surface area (Å²) >= 11 is 1.25. The fourth-order valence-corrected chi connectivity index (χ4v) is 4.20. The number of benzene rings is 2. The minimum Gasteiger partial charge on any atom is -0.329 e. The first-order chi connectivity index (χ1) is 11.9. The average molecular weight is 381 g/mol. The highest BCUT2D eigenvalue weighted by Gasteiger charge is 2.22. The standard InChI is InChI=1S/C16H13F2N3O2S2/c1-21-10-9-19-16(21)24-13-7-3-2-6-12(13)20-25(22,23)14-8-4-5-11(17)15(14)18/h2-10,20H,1H3. The summed E-state index contributed by atoms with van der Waals surface area (Å²) in [5.41, 5.74) is 0.249. The number of sulfonamides is 1. The van der Waals surface area contributed by atoms with E-state index in [1.807, 2.05) is 7.05 Å². The van der Waals surface area contributed by atoms with Gasteiger partial charge in [0.1, 0.15) is 4.90 Å². The molecular formula is C16H13F2N3O2S2. The van der Waals surface area contributed by atoms with Crippen molar-refractivity contribution in [1.82, 2.24) is 9.55 Å². The Balaban J connectivity index is 1.95. The van der Waals surface area contributed by atoms with E-state index in [0.29, 0.717) is 10.1 Å². The lowest BCUT2D eigenvalue weighted by Crippen LogP contribution is -2.15. The first-order valence-corrected chi connectivity index (χ1v) is 9.39. The highest BCUT2D eigenvalue weighted by Crippen LogP contribution is 2.33. The van der Waals surface area contributed by atoms with Crippen molar-refractivity contribution >= 4 is 27.5 Å². The largest absolute Gasteiger partial charge is 0.329 e. The summed E-state index contributed by atoms with van der Waals surface area (Å²) in [5.74, 6) is -2.64. The topological polar surface area (TPSA) is 64.0 Å². The maximum absolute atomic E-state index is 13.8. The van der Waals surface area contributed by atoms with E-state index in [1.165, 1.54) is 11.8 Å². The van der Waals surface area contributed by atoms with Gasteiger partial charge in [0.2, 0.25) is 0 Å². The monoisotopic (exact) mass is 381 g/mol. The van der Waals surface area contributed by atoms with Crippen LogP contribution in [0.15, 0.2) is 69.8 Å². The van der Waals surface area contributed by atoms with Crippen LogP contribution in [0.3, 0.4) is 0 Å². The van der Waals surface area contributed by atoms with Crippen LogP contribution in [-0.2, 0) is 17.1 Å². The first-order valence-electron chi connectivity index (χ1n) is 7.09. The van der Waals surface area contributed by atoms with Gasteiger partial charge >= 0.3 is 0 Å². The molecule has 9 heteroatoms. The Hall–Kier alpha value is -2.39. The summed E-state index contributed by atoms with van der Waals surface area (Å²) < 4.78 is 56.2. The zero-order valence-electron chi connectivity index (χ0n) is 13.0. The predicted molar refractivity (Wildman–Crippen MR) is 90.9 cm³/mol. The minimum atomic E-state index is -4.28. The Morgan fingerprint density at radius 1 is 1.12 bits per heavy atom. The second kappa shape index (κ2) is 6.85. The summed E-state index contributed by atoms with van der Waals surface area (Å²) in [4.78, 5) is 4.01. The van der Waals surface area contributed by atoms with Gasteiger partial charge in [0.25, 0.3) is 10.0 Å². The number of aryl methyl sites for hydroxylation is 1. The number of rotatable bonds is 5. The molecule has 0 fully saturated rings. The molecule has 0 amide bonds. The molecule has 0 bridgehead atoms. The van der Waals surface area contributed by atoms with E-state index in [4.69, 9.17) is 0 Å². The van der Waals surface area contributed by atoms with E-state index in [0.717, 1.165) is 18.2 Å². The number of nitrogens with zero attached hydrogens (tertiary/aromatic N) is 2. The van der Waals surface area contributed by atoms with Gasteiger partial charge in [0, 0.05) is 24.3 Å². The molecule has 1 heterocycles. The van der Waals surface area contributed by atoms with E-state index in [-0.39, 0.29) is 5.69 Å². The lowest BCUT2D eigenvalue weighted by Gasteiger charge is -2.12. The highest BCUT2D eigenvalue weighted by atomic mass is 32.2. The molecule has 3 aromatic rings. The molecule has 130 valence electrons. The number of imidazole rings is 1. The van der Waals surface area contributed by atoms with Gasteiger partial charge in [-0.25, -0.2) is 22.2 Å². The number of aromatic nitrogens is 2. The zero-order chi connectivity index (χ0) is 18.0. The van der Waals surface area contributed by atoms with Gasteiger partial charge < -0.3 is 4.57 Å². The van der Waals surface area contributed by atoms with Crippen molar-refractivity contribution in [2.45, 2.75) is 14.9 Å². The zero-order valence-corrected chi connectivity index (χ0v) is 14.6. The lowest BCUT2D eigenvalue weighted by atomic mass is 10.3. The molecule has 0 unspecified atom stereocenters. The van der Waals surface area contributed by atoms with E-state index in [1.54, 1.807) is 41.2 Å². The molecular weight excluding hydrogens is 368 g/mol. The van der Waals surface area contributed by atoms with Crippen molar-refractivity contribution in [3.63, 3.8) is 0 Å². The second-order valence-corrected chi connectivity index (χ2v) is 7.74. The quantitative estimate of drug-likeness (QED) is 0.733. The molecule has 0 spiro atoms. The number of hydrogen-bond donors (Lipinski definition) is 1. The molecule has 0 aliphatic carbocycles. The SMILES string of the molecule is Cn1ccnc1Sc1ccccc1NS(=O)(=O)c1cccc(F)c1F. The van der Waals surface area contributed by atoms with Crippen molar-refractivity contribution in [3.8, 4) is 0 Å². The molecule has 1 N–H and O–H groups in total. The predicted octanol–water partition coefficient (Wildman–Crippen LogP) is 3.65. The van der Waals surface area contributed by atoms with Crippen LogP contribution in [0.25, 0.3) is 0 Å². The number of halogens is 2. The van der Waals surface area contributed by atoms with E-state index >= 15 is 0 Å². The maximum Gasteiger partial charge on any atom is 0.264 e. The molecule has 0 saturated heterocycles. The van der Waals surface area contributed by atoms with Crippen LogP contribution in [0, 0.1) is 11.6 Å². The molecule has 0 aliphatic rings. The summed E-state index contributed by atoms with van der Waals surface area (Å²) in [6.45, 7) is 0. The molecule has 0 aliphatic heterocycles. The summed E-state index contributed by atoms with van der Waals surface area (Å²) in [6.07, 6.45) is 3.38. The number of anilines is 1. The van der Waals surface area contributed by atoms with Gasteiger partial charge in [-0.3, -0.25) is 4.72 Å². The summed E-state index contributed by atoms with van der Waals surface area (Å²) in [7, 11) is -2.47. The second-order valence-electron chi connectivity index (χ2n) is 5.08. The van der Waals surface area contributed by atoms with E-state index < -0.39 is 26.6 Å². The Bertz CT molecular complexity index is 1020. The Labute approximate surface area is 147 Å². The van der Waals surface area contributed by atoms with Gasteiger partial charge in [0.05, 0.1) is 5.69 Å². The van der Waals surface area contributed by atoms with Crippen LogP contribution in [0.5, 0.6) is 0 Å². The summed E-state index contributed by atoms with van der Waals surface area (Å²) in [5, 5.41) is 0.656. The average Bonchev–Trinajstić information content (AvgIpc) is 2.96. The van der Waals surface area contributed by atoms with Gasteiger partial charge in [-0.1, -0.05) is 18.2 Å². The number of nitrogens with one attached hydrogen (secondary N) is 1. The third-order valence-electron chi connectivity index (χ3n) is 3.32. The smallest absolute Gasteiger partial charge is 0.264 e. The van der Waals surface area contributed by atoms with Crippen molar-refractivity contribution in [2.24, 2.45) is 7.05 Å². The maximum atomic E-state index is 13.8. The molecule has 5 nitrogen and oxygen atoms in total. The van der Waals surface area contributed by atoms with Crippen LogP contribution in [-0.4, -0.2) is 18.0 Å². The molecule has 3 rings (SSSR count). The Morgan fingerprint density at radius 2 is 1.88 bits per heavy atom. The van der Waals surface area contributed by atoms with Gasteiger partial charge in [-0.05, 0) is 36.0 Å². The van der Waals surface area contributed by atoms with Crippen LogP contribution >= 0.6 is 11.8 Å². The van der Waals surface area contributed by atoms with E-state index in [9.17, 15) is 17.2 Å². The van der Waals surface area contributed by atoms with Crippen LogP contribution < -0.4 is 4.72 Å². The normalized spacial score (nSPS) is 11.5. The fraction of sp³-hybridized carbons (Fsp3) is 0.0625. The fourth-order valence-electron chi connectivity index (χ4n) is 2.08. The lowest BCUT2D eigenvalue weighted by molar-refractivity contribution is 0.485. The van der Waals surface area contributed by atoms with Crippen molar-refractivity contribution < 1.29 is 17.2 Å². The van der Waals surface area contributed by atoms with Crippen LogP contribution in [0.2, 0.25) is 0 Å². The Kier molecular flexibility index (Phi) is 4.78. The third-order valence-corrected chi connectivity index (χ3v) is 5.85. The Morgan fingerprint density at radius 3 is 2.60 bits per heavy atom. The van der Waals surface area contributed by atoms with Gasteiger partial charge in [-0.2, -0.15) is 0 Å². The molecule has 25 heavy (non-hydrogen) atoms. The van der Waals surface area contributed by atoms with Crippen molar-refractivity contribution in [2.75, 3.05) is 4.72 Å². The van der Waals surface area contributed by atoms with Crippen molar-refractivity contribution in [1.29, 1.82) is 0 Å². The highest BCUT2D eigenvalue weighted by molar-refractivity contribution is 7.99. The van der Waals surface area contributed by atoms with Crippen LogP contribution in [0.1, 0.15) is 0 Å². The number of hydrogen-bond acceptors (Lipinski definition) is 4. The minimum absolute atomic E-state index is 0.249. The molecule has 2 aromatic carbocycles. The molecule has 0 atom stereocenters. The van der Waals surface area contributed by atoms with Gasteiger partial charge in [0.15, 0.2) is 16.8 Å². The molecule has 0 saturated carbocycles. The molecule has 1 aromatic heterocycles. The van der Waals surface area contributed by atoms with Crippen molar-refractivity contribution in [3.05, 3.63) is 66.5 Å². The van der Waals surface area contributed by atoms with Gasteiger partial charge in [-0.15, -0.1) is 0 Å². The van der Waals surface area contributed by atoms with Crippen LogP contribution in [0.4, 0.5) is 14.5 Å². The van der Waals surface area contributed by atoms with E-state index in [2.05, 4.69) is 9.71 Å². The third kappa shape index (κ3) is 3.67. The molecule has 0 radical (unpaired) electrons. The summed E-state index contributed by atoms with van der Waals surface area (Å²) in [6, 6.07) is 9.64. The number of para-hydroxylation sites is 1.